The van der Waals surface area contributed by atoms with Crippen LogP contribution in [0.4, 0.5) is 13.2 Å². The number of rotatable bonds is 6. The molecule has 7 heteroatoms. The van der Waals surface area contributed by atoms with Gasteiger partial charge in [0.25, 0.3) is 0 Å². The zero-order valence-electron chi connectivity index (χ0n) is 12.0. The minimum atomic E-state index is -4.39. The minimum absolute atomic E-state index is 0.189. The number of hydrogen-bond donors (Lipinski definition) is 1. The molecule has 20 heavy (non-hydrogen) atoms. The van der Waals surface area contributed by atoms with Gasteiger partial charge in [-0.25, -0.2) is 0 Å². The van der Waals surface area contributed by atoms with Crippen LogP contribution in [0.25, 0.3) is 0 Å². The van der Waals surface area contributed by atoms with E-state index in [1.54, 1.807) is 0 Å². The Bertz CT molecular complexity index is 302. The molecule has 1 heterocycles. The smallest absolute Gasteiger partial charge is 0.362 e. The fourth-order valence-corrected chi connectivity index (χ4v) is 2.17. The van der Waals surface area contributed by atoms with E-state index in [4.69, 9.17) is 0 Å². The van der Waals surface area contributed by atoms with Gasteiger partial charge < -0.3 is 10.1 Å². The van der Waals surface area contributed by atoms with Crippen molar-refractivity contribution in [1.29, 1.82) is 0 Å². The normalized spacial score (nSPS) is 19.9. The van der Waals surface area contributed by atoms with Crippen LogP contribution >= 0.6 is 0 Å². The second-order valence-electron chi connectivity index (χ2n) is 5.48. The molecular formula is C13H23F3N2O2. The third kappa shape index (κ3) is 7.09. The second-order valence-corrected chi connectivity index (χ2v) is 5.48. The van der Waals surface area contributed by atoms with Crippen LogP contribution in [0.3, 0.4) is 0 Å². The topological polar surface area (TPSA) is 41.6 Å². The number of halogens is 3. The highest BCUT2D eigenvalue weighted by molar-refractivity contribution is 5.77. The maximum atomic E-state index is 11.8. The molecule has 1 rings (SSSR count). The summed E-state index contributed by atoms with van der Waals surface area (Å²) in [6.45, 7) is 4.73. The number of ether oxygens (including phenoxy) is 1. The van der Waals surface area contributed by atoms with Gasteiger partial charge in [-0.15, -0.1) is 0 Å². The number of carbonyl (C=O) groups excluding carboxylic acids is 1. The molecule has 0 aliphatic carbocycles. The van der Waals surface area contributed by atoms with Crippen molar-refractivity contribution in [3.05, 3.63) is 0 Å². The Balaban J connectivity index is 2.14. The first-order valence-corrected chi connectivity index (χ1v) is 6.93. The largest absolute Gasteiger partial charge is 0.411 e. The Labute approximate surface area is 117 Å². The minimum Gasteiger partial charge on any atom is -0.362 e. The third-order valence-electron chi connectivity index (χ3n) is 3.54. The second kappa shape index (κ2) is 7.83. The first-order chi connectivity index (χ1) is 9.28. The molecule has 1 atom stereocenters. The Morgan fingerprint density at radius 2 is 2.00 bits per heavy atom. The Morgan fingerprint density at radius 1 is 1.40 bits per heavy atom. The van der Waals surface area contributed by atoms with E-state index in [0.717, 1.165) is 31.8 Å². The zero-order chi connectivity index (χ0) is 15.2. The molecule has 1 fully saturated rings. The van der Waals surface area contributed by atoms with E-state index in [0.29, 0.717) is 6.54 Å². The summed E-state index contributed by atoms with van der Waals surface area (Å²) in [5.74, 6) is 0.232. The number of nitrogens with zero attached hydrogens (tertiary/aromatic N) is 1. The summed E-state index contributed by atoms with van der Waals surface area (Å²) in [5.41, 5.74) is 0. The molecule has 0 spiro atoms. The molecule has 0 saturated carbocycles. The number of piperidine rings is 1. The summed E-state index contributed by atoms with van der Waals surface area (Å²) in [6.07, 6.45) is -2.10. The molecule has 1 unspecified atom stereocenters. The predicted molar refractivity (Wildman–Crippen MR) is 69.3 cm³/mol. The van der Waals surface area contributed by atoms with Crippen LogP contribution in [0.5, 0.6) is 0 Å². The molecule has 1 aliphatic rings. The highest BCUT2D eigenvalue weighted by atomic mass is 19.4. The lowest BCUT2D eigenvalue weighted by Crippen LogP contribution is -2.46. The SMILES string of the molecule is CC1CCN(C(C)CNC(=O)COCC(F)(F)F)CC1. The van der Waals surface area contributed by atoms with E-state index < -0.39 is 25.3 Å². The first kappa shape index (κ1) is 17.2. The number of nitrogens with one attached hydrogen (secondary N) is 1. The van der Waals surface area contributed by atoms with Crippen LogP contribution in [0.1, 0.15) is 26.7 Å². The summed E-state index contributed by atoms with van der Waals surface area (Å²) >= 11 is 0. The van der Waals surface area contributed by atoms with Crippen molar-refractivity contribution in [3.63, 3.8) is 0 Å². The zero-order valence-corrected chi connectivity index (χ0v) is 12.0. The van der Waals surface area contributed by atoms with Gasteiger partial charge in [-0.3, -0.25) is 9.69 Å². The van der Waals surface area contributed by atoms with Gasteiger partial charge >= 0.3 is 6.18 Å². The predicted octanol–water partition coefficient (Wildman–Crippen LogP) is 1.80. The van der Waals surface area contributed by atoms with Gasteiger partial charge in [0.15, 0.2) is 0 Å². The Kier molecular flexibility index (Phi) is 6.75. The fraction of sp³-hybridized carbons (Fsp3) is 0.923. The van der Waals surface area contributed by atoms with E-state index in [1.807, 2.05) is 6.92 Å². The highest BCUT2D eigenvalue weighted by Gasteiger charge is 2.27. The van der Waals surface area contributed by atoms with Gasteiger partial charge in [-0.2, -0.15) is 13.2 Å². The van der Waals surface area contributed by atoms with E-state index in [1.165, 1.54) is 0 Å². The Morgan fingerprint density at radius 3 is 2.55 bits per heavy atom. The van der Waals surface area contributed by atoms with E-state index in [9.17, 15) is 18.0 Å². The monoisotopic (exact) mass is 296 g/mol. The van der Waals surface area contributed by atoms with Crippen LogP contribution < -0.4 is 5.32 Å². The lowest BCUT2D eigenvalue weighted by atomic mass is 9.98. The molecule has 0 aromatic rings. The molecule has 118 valence electrons. The van der Waals surface area contributed by atoms with Crippen LogP contribution in [-0.4, -0.2) is 55.9 Å². The molecule has 0 radical (unpaired) electrons. The average molecular weight is 296 g/mol. The molecule has 1 amide bonds. The number of amides is 1. The van der Waals surface area contributed by atoms with Crippen molar-refractivity contribution in [3.8, 4) is 0 Å². The lowest BCUT2D eigenvalue weighted by Gasteiger charge is -2.35. The molecule has 0 aromatic heterocycles. The molecule has 0 aromatic carbocycles. The van der Waals surface area contributed by atoms with Crippen molar-refractivity contribution in [2.75, 3.05) is 32.8 Å². The summed E-state index contributed by atoms with van der Waals surface area (Å²) in [6, 6.07) is 0.189. The molecule has 4 nitrogen and oxygen atoms in total. The van der Waals surface area contributed by atoms with E-state index >= 15 is 0 Å². The molecular weight excluding hydrogens is 273 g/mol. The summed E-state index contributed by atoms with van der Waals surface area (Å²) in [7, 11) is 0. The van der Waals surface area contributed by atoms with Crippen LogP contribution in [0.15, 0.2) is 0 Å². The standard InChI is InChI=1S/C13H23F3N2O2/c1-10-3-5-18(6-4-10)11(2)7-17-12(19)8-20-9-13(14,15)16/h10-11H,3-9H2,1-2H3,(H,17,19). The molecule has 0 bridgehead atoms. The maximum Gasteiger partial charge on any atom is 0.411 e. The van der Waals surface area contributed by atoms with Crippen molar-refractivity contribution in [2.24, 2.45) is 5.92 Å². The molecule has 1 saturated heterocycles. The number of carbonyl (C=O) groups is 1. The average Bonchev–Trinajstić information content (AvgIpc) is 2.35. The third-order valence-corrected chi connectivity index (χ3v) is 3.54. The summed E-state index contributed by atoms with van der Waals surface area (Å²) < 4.78 is 39.8. The lowest BCUT2D eigenvalue weighted by molar-refractivity contribution is -0.175. The van der Waals surface area contributed by atoms with E-state index in [2.05, 4.69) is 21.9 Å². The van der Waals surface area contributed by atoms with Crippen molar-refractivity contribution < 1.29 is 22.7 Å². The van der Waals surface area contributed by atoms with Crippen molar-refractivity contribution >= 4 is 5.91 Å². The van der Waals surface area contributed by atoms with Gasteiger partial charge in [0, 0.05) is 12.6 Å². The van der Waals surface area contributed by atoms with Gasteiger partial charge in [0.1, 0.15) is 13.2 Å². The molecule has 1 aliphatic heterocycles. The molecule has 1 N–H and O–H groups in total. The van der Waals surface area contributed by atoms with Crippen LogP contribution in [0.2, 0.25) is 0 Å². The first-order valence-electron chi connectivity index (χ1n) is 6.93. The van der Waals surface area contributed by atoms with Gasteiger partial charge in [0.05, 0.1) is 0 Å². The van der Waals surface area contributed by atoms with Gasteiger partial charge in [-0.1, -0.05) is 6.92 Å². The number of likely N-dealkylation sites (tertiary alicyclic amines) is 1. The quantitative estimate of drug-likeness (QED) is 0.812. The van der Waals surface area contributed by atoms with Crippen LogP contribution in [0, 0.1) is 5.92 Å². The number of alkyl halides is 3. The fourth-order valence-electron chi connectivity index (χ4n) is 2.17. The van der Waals surface area contributed by atoms with Crippen LogP contribution in [-0.2, 0) is 9.53 Å². The maximum absolute atomic E-state index is 11.8. The van der Waals surface area contributed by atoms with Crippen molar-refractivity contribution in [2.45, 2.75) is 38.9 Å². The van der Waals surface area contributed by atoms with Gasteiger partial charge in [-0.05, 0) is 38.8 Å². The van der Waals surface area contributed by atoms with Gasteiger partial charge in [0.2, 0.25) is 5.91 Å². The van der Waals surface area contributed by atoms with E-state index in [-0.39, 0.29) is 6.04 Å². The summed E-state index contributed by atoms with van der Waals surface area (Å²) in [5, 5.41) is 2.60. The van der Waals surface area contributed by atoms with Crippen molar-refractivity contribution in [1.82, 2.24) is 10.2 Å². The summed E-state index contributed by atoms with van der Waals surface area (Å²) in [4.78, 5) is 13.6. The Hall–Kier alpha value is -0.820. The highest BCUT2D eigenvalue weighted by Crippen LogP contribution is 2.17. The number of hydrogen-bond acceptors (Lipinski definition) is 3.